The van der Waals surface area contributed by atoms with Crippen molar-refractivity contribution in [2.75, 3.05) is 5.32 Å². The summed E-state index contributed by atoms with van der Waals surface area (Å²) in [6, 6.07) is 6.56. The van der Waals surface area contributed by atoms with E-state index in [9.17, 15) is 10.1 Å². The number of hydrogen-bond donors (Lipinski definition) is 1. The molecule has 1 unspecified atom stereocenters. The van der Waals surface area contributed by atoms with Crippen molar-refractivity contribution in [3.63, 3.8) is 0 Å². The number of aromatic nitrogens is 1. The van der Waals surface area contributed by atoms with Crippen molar-refractivity contribution in [1.29, 1.82) is 0 Å². The fourth-order valence-corrected chi connectivity index (χ4v) is 2.43. The van der Waals surface area contributed by atoms with E-state index in [4.69, 9.17) is 11.6 Å². The second kappa shape index (κ2) is 5.32. The first-order valence-electron chi connectivity index (χ1n) is 5.18. The minimum absolute atomic E-state index is 0.0237. The van der Waals surface area contributed by atoms with E-state index in [0.29, 0.717) is 5.82 Å². The van der Waals surface area contributed by atoms with Crippen molar-refractivity contribution in [2.45, 2.75) is 13.0 Å². The molecule has 5 nitrogen and oxygen atoms in total. The Balaban J connectivity index is 2.21. The number of hydrogen-bond acceptors (Lipinski definition) is 5. The quantitative estimate of drug-likeness (QED) is 0.525. The molecule has 0 aliphatic rings. The zero-order valence-electron chi connectivity index (χ0n) is 9.46. The summed E-state index contributed by atoms with van der Waals surface area (Å²) in [6.45, 7) is 1.96. The number of halogens is 1. The lowest BCUT2D eigenvalue weighted by Crippen LogP contribution is -2.06. The first-order valence-corrected chi connectivity index (χ1v) is 6.44. The van der Waals surface area contributed by atoms with Crippen LogP contribution in [-0.2, 0) is 0 Å². The van der Waals surface area contributed by atoms with E-state index in [1.165, 1.54) is 12.1 Å². The molecular weight excluding hydrogens is 274 g/mol. The topological polar surface area (TPSA) is 68.1 Å². The Morgan fingerprint density at radius 3 is 2.94 bits per heavy atom. The van der Waals surface area contributed by atoms with Crippen molar-refractivity contribution in [1.82, 2.24) is 4.98 Å². The molecule has 0 spiro atoms. The average Bonchev–Trinajstić information content (AvgIpc) is 2.81. The molecule has 7 heteroatoms. The molecule has 2 aromatic heterocycles. The van der Waals surface area contributed by atoms with Crippen LogP contribution in [0.15, 0.2) is 29.6 Å². The highest BCUT2D eigenvalue weighted by molar-refractivity contribution is 7.10. The third-order valence-electron chi connectivity index (χ3n) is 2.32. The van der Waals surface area contributed by atoms with Crippen LogP contribution >= 0.6 is 22.9 Å². The summed E-state index contributed by atoms with van der Waals surface area (Å²) in [4.78, 5) is 15.4. The fourth-order valence-electron chi connectivity index (χ4n) is 1.49. The van der Waals surface area contributed by atoms with Gasteiger partial charge in [0.05, 0.1) is 23.1 Å². The maximum atomic E-state index is 10.7. The molecule has 18 heavy (non-hydrogen) atoms. The highest BCUT2D eigenvalue weighted by atomic mass is 35.5. The number of nitrogens with zero attached hydrogens (tertiary/aromatic N) is 2. The molecule has 0 saturated heterocycles. The van der Waals surface area contributed by atoms with Crippen molar-refractivity contribution in [3.05, 3.63) is 49.8 Å². The monoisotopic (exact) mass is 283 g/mol. The number of nitro groups is 1. The van der Waals surface area contributed by atoms with Crippen LogP contribution in [0.1, 0.15) is 17.8 Å². The average molecular weight is 284 g/mol. The van der Waals surface area contributed by atoms with Crippen LogP contribution in [0.2, 0.25) is 5.15 Å². The van der Waals surface area contributed by atoms with Crippen molar-refractivity contribution >= 4 is 34.4 Å². The molecule has 94 valence electrons. The highest BCUT2D eigenvalue weighted by Gasteiger charge is 2.13. The van der Waals surface area contributed by atoms with Crippen LogP contribution in [0.25, 0.3) is 0 Å². The second-order valence-electron chi connectivity index (χ2n) is 3.67. The number of anilines is 1. The molecule has 0 saturated carbocycles. The van der Waals surface area contributed by atoms with Crippen molar-refractivity contribution in [2.24, 2.45) is 0 Å². The summed E-state index contributed by atoms with van der Waals surface area (Å²) >= 11 is 7.36. The van der Waals surface area contributed by atoms with Crippen LogP contribution in [0.5, 0.6) is 0 Å². The Morgan fingerprint density at radius 2 is 2.33 bits per heavy atom. The van der Waals surface area contributed by atoms with E-state index >= 15 is 0 Å². The molecule has 0 fully saturated rings. The van der Waals surface area contributed by atoms with E-state index in [1.54, 1.807) is 11.3 Å². The predicted molar refractivity (Wildman–Crippen MR) is 72.3 cm³/mol. The molecule has 0 radical (unpaired) electrons. The van der Waals surface area contributed by atoms with Crippen LogP contribution in [0.4, 0.5) is 11.5 Å². The number of thiophene rings is 1. The molecule has 0 amide bonds. The summed E-state index contributed by atoms with van der Waals surface area (Å²) in [5, 5.41) is 15.9. The Labute approximate surface area is 113 Å². The van der Waals surface area contributed by atoms with Crippen molar-refractivity contribution < 1.29 is 4.92 Å². The number of nitrogens with one attached hydrogen (secondary N) is 1. The lowest BCUT2D eigenvalue weighted by Gasteiger charge is -2.12. The fraction of sp³-hybridized carbons (Fsp3) is 0.182. The molecule has 2 rings (SSSR count). The van der Waals surface area contributed by atoms with E-state index < -0.39 is 4.92 Å². The predicted octanol–water partition coefficient (Wildman–Crippen LogP) is 3.88. The van der Waals surface area contributed by atoms with Gasteiger partial charge in [0.2, 0.25) is 0 Å². The van der Waals surface area contributed by atoms with E-state index in [-0.39, 0.29) is 16.9 Å². The molecular formula is C11H10ClN3O2S. The number of rotatable bonds is 4. The maximum Gasteiger partial charge on any atom is 0.276 e. The molecule has 0 aromatic carbocycles. The molecule has 2 heterocycles. The van der Waals surface area contributed by atoms with Crippen molar-refractivity contribution in [3.8, 4) is 0 Å². The van der Waals surface area contributed by atoms with Gasteiger partial charge in [0, 0.05) is 4.88 Å². The van der Waals surface area contributed by atoms with Gasteiger partial charge in [-0.2, -0.15) is 0 Å². The zero-order valence-corrected chi connectivity index (χ0v) is 11.0. The van der Waals surface area contributed by atoms with Gasteiger partial charge in [0.1, 0.15) is 11.0 Å². The lowest BCUT2D eigenvalue weighted by molar-refractivity contribution is -0.384. The van der Waals surface area contributed by atoms with Gasteiger partial charge in [-0.15, -0.1) is 11.3 Å². The highest BCUT2D eigenvalue weighted by Crippen LogP contribution is 2.25. The molecule has 1 atom stereocenters. The van der Waals surface area contributed by atoms with Gasteiger partial charge in [0.25, 0.3) is 5.69 Å². The first kappa shape index (κ1) is 12.8. The smallest absolute Gasteiger partial charge is 0.276 e. The van der Waals surface area contributed by atoms with Crippen LogP contribution in [0.3, 0.4) is 0 Å². The van der Waals surface area contributed by atoms with Gasteiger partial charge in [-0.05, 0) is 18.4 Å². The summed E-state index contributed by atoms with van der Waals surface area (Å²) in [7, 11) is 0. The van der Waals surface area contributed by atoms with Gasteiger partial charge < -0.3 is 5.32 Å². The molecule has 2 aromatic rings. The summed E-state index contributed by atoms with van der Waals surface area (Å²) in [5.41, 5.74) is -0.0733. The summed E-state index contributed by atoms with van der Waals surface area (Å²) in [5.74, 6) is 0.398. The standard InChI is InChI=1S/C11H10ClN3O2S/c1-7(9-3-2-4-18-9)13-11-6-8(15(16)17)5-10(12)14-11/h2-7H,1H3,(H,13,14). The van der Waals surface area contributed by atoms with Gasteiger partial charge >= 0.3 is 0 Å². The van der Waals surface area contributed by atoms with E-state index in [0.717, 1.165) is 4.88 Å². The minimum atomic E-state index is -0.492. The van der Waals surface area contributed by atoms with Gasteiger partial charge in [-0.1, -0.05) is 17.7 Å². The molecule has 0 bridgehead atoms. The van der Waals surface area contributed by atoms with Crippen LogP contribution in [0, 0.1) is 10.1 Å². The largest absolute Gasteiger partial charge is 0.362 e. The van der Waals surface area contributed by atoms with E-state index in [2.05, 4.69) is 10.3 Å². The van der Waals surface area contributed by atoms with Gasteiger partial charge in [-0.3, -0.25) is 10.1 Å². The first-order chi connectivity index (χ1) is 8.56. The van der Waals surface area contributed by atoms with E-state index in [1.807, 2.05) is 24.4 Å². The third-order valence-corrected chi connectivity index (χ3v) is 3.57. The maximum absolute atomic E-state index is 10.7. The Hall–Kier alpha value is -1.66. The third kappa shape index (κ3) is 2.96. The molecule has 1 N–H and O–H groups in total. The van der Waals surface area contributed by atoms with Crippen LogP contribution in [-0.4, -0.2) is 9.91 Å². The zero-order chi connectivity index (χ0) is 13.1. The Morgan fingerprint density at radius 1 is 1.56 bits per heavy atom. The van der Waals surface area contributed by atoms with Gasteiger partial charge in [-0.25, -0.2) is 4.98 Å². The number of pyridine rings is 1. The SMILES string of the molecule is CC(Nc1cc([N+](=O)[O-])cc(Cl)n1)c1cccs1. The minimum Gasteiger partial charge on any atom is -0.362 e. The Bertz CT molecular complexity index is 559. The van der Waals surface area contributed by atoms with Gasteiger partial charge in [0.15, 0.2) is 0 Å². The Kier molecular flexibility index (Phi) is 3.78. The lowest BCUT2D eigenvalue weighted by atomic mass is 10.2. The molecule has 0 aliphatic heterocycles. The molecule has 0 aliphatic carbocycles. The summed E-state index contributed by atoms with van der Waals surface area (Å²) in [6.07, 6.45) is 0. The summed E-state index contributed by atoms with van der Waals surface area (Å²) < 4.78 is 0. The van der Waals surface area contributed by atoms with Crippen LogP contribution < -0.4 is 5.32 Å². The second-order valence-corrected chi connectivity index (χ2v) is 5.04. The normalized spacial score (nSPS) is 12.1.